The number of likely N-dealkylation sites (N-methyl/N-ethyl adjacent to an activating group) is 1. The highest BCUT2D eigenvalue weighted by molar-refractivity contribution is 5.95. The number of nitrogens with zero attached hydrogens (tertiary/aromatic N) is 2. The maximum absolute atomic E-state index is 12.3. The molecule has 6 nitrogen and oxygen atoms in total. The molecule has 0 radical (unpaired) electrons. The Morgan fingerprint density at radius 1 is 1.36 bits per heavy atom. The van der Waals surface area contributed by atoms with E-state index in [1.54, 1.807) is 9.80 Å². The molecule has 25 heavy (non-hydrogen) atoms. The van der Waals surface area contributed by atoms with Gasteiger partial charge in [-0.25, -0.2) is 0 Å². The lowest BCUT2D eigenvalue weighted by molar-refractivity contribution is -0.134. The fourth-order valence-electron chi connectivity index (χ4n) is 3.31. The molecule has 0 saturated carbocycles. The van der Waals surface area contributed by atoms with Gasteiger partial charge in [0.15, 0.2) is 6.61 Å². The van der Waals surface area contributed by atoms with Crippen LogP contribution < -0.4 is 15.0 Å². The third-order valence-electron chi connectivity index (χ3n) is 4.81. The van der Waals surface area contributed by atoms with Crippen LogP contribution in [-0.2, 0) is 9.59 Å². The second-order valence-corrected chi connectivity index (χ2v) is 6.42. The number of carbonyl (C=O) groups is 2. The highest BCUT2D eigenvalue weighted by atomic mass is 35.5. The first-order chi connectivity index (χ1) is 11.6. The zero-order valence-corrected chi connectivity index (χ0v) is 15.4. The number of hydrogen-bond acceptors (Lipinski definition) is 4. The van der Waals surface area contributed by atoms with Crippen LogP contribution in [0.15, 0.2) is 24.3 Å². The molecule has 138 valence electrons. The molecule has 0 spiro atoms. The second-order valence-electron chi connectivity index (χ2n) is 6.42. The van der Waals surface area contributed by atoms with E-state index in [0.29, 0.717) is 12.2 Å². The molecule has 7 heteroatoms. The van der Waals surface area contributed by atoms with E-state index < -0.39 is 0 Å². The van der Waals surface area contributed by atoms with Crippen molar-refractivity contribution in [1.29, 1.82) is 0 Å². The summed E-state index contributed by atoms with van der Waals surface area (Å²) in [4.78, 5) is 27.7. The summed E-state index contributed by atoms with van der Waals surface area (Å²) in [5.41, 5.74) is 0.842. The van der Waals surface area contributed by atoms with Crippen molar-refractivity contribution >= 4 is 29.9 Å². The Labute approximate surface area is 154 Å². The van der Waals surface area contributed by atoms with Crippen molar-refractivity contribution in [3.8, 4) is 5.75 Å². The Morgan fingerprint density at radius 2 is 2.12 bits per heavy atom. The molecule has 0 atom stereocenters. The van der Waals surface area contributed by atoms with Gasteiger partial charge in [-0.3, -0.25) is 9.59 Å². The van der Waals surface area contributed by atoms with Crippen molar-refractivity contribution in [3.63, 3.8) is 0 Å². The average Bonchev–Trinajstić information content (AvgIpc) is 3.06. The van der Waals surface area contributed by atoms with Crippen LogP contribution in [-0.4, -0.2) is 56.0 Å². The van der Waals surface area contributed by atoms with Crippen molar-refractivity contribution in [2.24, 2.45) is 0 Å². The zero-order chi connectivity index (χ0) is 16.9. The number of ether oxygens (including phenoxy) is 1. The first kappa shape index (κ1) is 19.5. The Balaban J connectivity index is 0.00000225. The minimum Gasteiger partial charge on any atom is -0.484 e. The maximum atomic E-state index is 12.3. The summed E-state index contributed by atoms with van der Waals surface area (Å²) in [7, 11) is 1.85. The van der Waals surface area contributed by atoms with E-state index in [2.05, 4.69) is 5.32 Å². The highest BCUT2D eigenvalue weighted by Gasteiger charge is 2.23. The predicted octanol–water partition coefficient (Wildman–Crippen LogP) is 1.82. The molecule has 0 bridgehead atoms. The topological polar surface area (TPSA) is 61.9 Å². The number of hydrogen-bond donors (Lipinski definition) is 1. The van der Waals surface area contributed by atoms with E-state index in [1.165, 1.54) is 0 Å². The molecule has 2 saturated heterocycles. The SMILES string of the molecule is CN(C(=O)COc1cccc(N2CCCC2=O)c1)C1CCNCC1.Cl. The van der Waals surface area contributed by atoms with Gasteiger partial charge in [0.05, 0.1) is 0 Å². The normalized spacial score (nSPS) is 18.0. The molecule has 0 unspecified atom stereocenters. The van der Waals surface area contributed by atoms with Crippen LogP contribution in [0.2, 0.25) is 0 Å². The van der Waals surface area contributed by atoms with Gasteiger partial charge in [0.2, 0.25) is 5.91 Å². The Hall–Kier alpha value is -1.79. The molecule has 3 rings (SSSR count). The van der Waals surface area contributed by atoms with Crippen LogP contribution in [0.25, 0.3) is 0 Å². The molecular formula is C18H26ClN3O3. The lowest BCUT2D eigenvalue weighted by Gasteiger charge is -2.31. The second kappa shape index (κ2) is 9.06. The van der Waals surface area contributed by atoms with Crippen molar-refractivity contribution in [3.05, 3.63) is 24.3 Å². The largest absolute Gasteiger partial charge is 0.484 e. The standard InChI is InChI=1S/C18H25N3O3.ClH/c1-20(14-7-9-19-10-8-14)18(23)13-24-16-5-2-4-15(12-16)21-11-3-6-17(21)22;/h2,4-5,12,14,19H,3,6-11,13H2,1H3;1H. The third kappa shape index (κ3) is 4.86. The van der Waals surface area contributed by atoms with Gasteiger partial charge in [0, 0.05) is 37.8 Å². The maximum Gasteiger partial charge on any atom is 0.260 e. The Kier molecular flexibility index (Phi) is 7.08. The van der Waals surface area contributed by atoms with Crippen LogP contribution >= 0.6 is 12.4 Å². The fourth-order valence-corrected chi connectivity index (χ4v) is 3.31. The van der Waals surface area contributed by atoms with Crippen LogP contribution in [0.3, 0.4) is 0 Å². The molecular weight excluding hydrogens is 342 g/mol. The number of benzene rings is 1. The van der Waals surface area contributed by atoms with E-state index in [1.807, 2.05) is 31.3 Å². The van der Waals surface area contributed by atoms with Crippen molar-refractivity contribution < 1.29 is 14.3 Å². The highest BCUT2D eigenvalue weighted by Crippen LogP contribution is 2.25. The molecule has 1 aromatic carbocycles. The monoisotopic (exact) mass is 367 g/mol. The van der Waals surface area contributed by atoms with Crippen molar-refractivity contribution in [1.82, 2.24) is 10.2 Å². The molecule has 0 aliphatic carbocycles. The Bertz CT molecular complexity index is 605. The van der Waals surface area contributed by atoms with Crippen molar-refractivity contribution in [2.45, 2.75) is 31.7 Å². The van der Waals surface area contributed by atoms with E-state index >= 15 is 0 Å². The number of anilines is 1. The van der Waals surface area contributed by atoms with Crippen LogP contribution in [0.5, 0.6) is 5.75 Å². The lowest BCUT2D eigenvalue weighted by atomic mass is 10.1. The van der Waals surface area contributed by atoms with Gasteiger partial charge in [-0.05, 0) is 44.5 Å². The van der Waals surface area contributed by atoms with Gasteiger partial charge >= 0.3 is 0 Å². The molecule has 2 heterocycles. The zero-order valence-electron chi connectivity index (χ0n) is 14.6. The van der Waals surface area contributed by atoms with E-state index in [0.717, 1.165) is 44.6 Å². The molecule has 2 aliphatic rings. The summed E-state index contributed by atoms with van der Waals surface area (Å²) < 4.78 is 5.67. The first-order valence-electron chi connectivity index (χ1n) is 8.65. The number of piperidine rings is 1. The molecule has 2 amide bonds. The van der Waals surface area contributed by atoms with E-state index in [9.17, 15) is 9.59 Å². The van der Waals surface area contributed by atoms with Gasteiger partial charge in [-0.1, -0.05) is 6.07 Å². The number of nitrogens with one attached hydrogen (secondary N) is 1. The summed E-state index contributed by atoms with van der Waals surface area (Å²) in [6, 6.07) is 7.70. The first-order valence-corrected chi connectivity index (χ1v) is 8.65. The molecule has 0 aromatic heterocycles. The van der Waals surface area contributed by atoms with Crippen LogP contribution in [0.4, 0.5) is 5.69 Å². The number of carbonyl (C=O) groups excluding carboxylic acids is 2. The summed E-state index contributed by atoms with van der Waals surface area (Å²) in [6.45, 7) is 2.68. The van der Waals surface area contributed by atoms with Gasteiger partial charge in [-0.15, -0.1) is 12.4 Å². The lowest BCUT2D eigenvalue weighted by Crippen LogP contribution is -2.45. The summed E-state index contributed by atoms with van der Waals surface area (Å²) >= 11 is 0. The van der Waals surface area contributed by atoms with Crippen LogP contribution in [0.1, 0.15) is 25.7 Å². The summed E-state index contributed by atoms with van der Waals surface area (Å²) in [6.07, 6.45) is 3.46. The minimum atomic E-state index is -0.00967. The van der Waals surface area contributed by atoms with E-state index in [4.69, 9.17) is 4.74 Å². The Morgan fingerprint density at radius 3 is 2.80 bits per heavy atom. The van der Waals surface area contributed by atoms with E-state index in [-0.39, 0.29) is 36.9 Å². The number of rotatable bonds is 5. The van der Waals surface area contributed by atoms with Gasteiger partial charge in [-0.2, -0.15) is 0 Å². The van der Waals surface area contributed by atoms with Gasteiger partial charge in [0.25, 0.3) is 5.91 Å². The fraction of sp³-hybridized carbons (Fsp3) is 0.556. The van der Waals surface area contributed by atoms with Crippen LogP contribution in [0, 0.1) is 0 Å². The average molecular weight is 368 g/mol. The van der Waals surface area contributed by atoms with Gasteiger partial charge < -0.3 is 19.9 Å². The molecule has 2 aliphatic heterocycles. The quantitative estimate of drug-likeness (QED) is 0.862. The number of amides is 2. The predicted molar refractivity (Wildman–Crippen MR) is 99.4 cm³/mol. The molecule has 1 aromatic rings. The smallest absolute Gasteiger partial charge is 0.260 e. The molecule has 2 fully saturated rings. The minimum absolute atomic E-state index is 0. The molecule has 1 N–H and O–H groups in total. The van der Waals surface area contributed by atoms with Gasteiger partial charge in [0.1, 0.15) is 5.75 Å². The summed E-state index contributed by atoms with van der Waals surface area (Å²) in [5, 5.41) is 3.30. The van der Waals surface area contributed by atoms with Crippen molar-refractivity contribution in [2.75, 3.05) is 38.2 Å². The summed E-state index contributed by atoms with van der Waals surface area (Å²) in [5.74, 6) is 0.762. The third-order valence-corrected chi connectivity index (χ3v) is 4.81. The number of halogens is 1.